The highest BCUT2D eigenvalue weighted by Crippen LogP contribution is 2.39. The summed E-state index contributed by atoms with van der Waals surface area (Å²) >= 11 is 0. The Bertz CT molecular complexity index is 456. The van der Waals surface area contributed by atoms with Crippen molar-refractivity contribution in [1.29, 1.82) is 0 Å². The molecule has 1 aromatic carbocycles. The predicted octanol–water partition coefficient (Wildman–Crippen LogP) is 5.10. The summed E-state index contributed by atoms with van der Waals surface area (Å²) in [5.74, 6) is 0.296. The quantitative estimate of drug-likeness (QED) is 0.424. The largest absolute Gasteiger partial charge is 0.524 e. The van der Waals surface area contributed by atoms with E-state index >= 15 is 0 Å². The molecule has 0 aliphatic carbocycles. The first-order valence-corrected chi connectivity index (χ1v) is 10.4. The van der Waals surface area contributed by atoms with Crippen molar-refractivity contribution in [2.45, 2.75) is 65.7 Å². The zero-order valence-electron chi connectivity index (χ0n) is 15.2. The van der Waals surface area contributed by atoms with E-state index in [4.69, 9.17) is 19.0 Å². The van der Waals surface area contributed by atoms with Crippen molar-refractivity contribution in [2.75, 3.05) is 13.2 Å². The van der Waals surface area contributed by atoms with Crippen LogP contribution in [0.4, 0.5) is 0 Å². The van der Waals surface area contributed by atoms with Gasteiger partial charge in [-0.3, -0.25) is 9.79 Å². The molecular weight excluding hydrogens is 327 g/mol. The smallest absolute Gasteiger partial charge is 0.404 e. The number of hydrogen-bond acceptors (Lipinski definition) is 3. The molecule has 0 unspecified atom stereocenters. The minimum absolute atomic E-state index is 0.296. The fraction of sp³-hybridized carbons (Fsp3) is 0.667. The third kappa shape index (κ3) is 13.6. The number of aryl methyl sites for hydroxylation is 1. The molecule has 0 aliphatic rings. The standard InChI is InChI=1S/C14H23O4P.C4H10O/c1-2-3-4-5-6-7-10-13-11-8-9-12-14(13)18-19(15,16)17;1-3-5-4-2/h8-9,11-12H,2-7,10H2,1H3,(H2,15,16,17);3-4H2,1-2H3. The fourth-order valence-electron chi connectivity index (χ4n) is 2.23. The molecule has 6 heteroatoms. The lowest BCUT2D eigenvalue weighted by Gasteiger charge is -2.11. The van der Waals surface area contributed by atoms with Gasteiger partial charge in [-0.1, -0.05) is 57.2 Å². The van der Waals surface area contributed by atoms with Gasteiger partial charge in [-0.2, -0.15) is 0 Å². The first-order valence-electron chi connectivity index (χ1n) is 8.85. The third-order valence-corrected chi connectivity index (χ3v) is 3.83. The lowest BCUT2D eigenvalue weighted by molar-refractivity contribution is 0.162. The van der Waals surface area contributed by atoms with Crippen LogP contribution in [0.3, 0.4) is 0 Å². The van der Waals surface area contributed by atoms with Crippen LogP contribution in [0, 0.1) is 0 Å². The number of ether oxygens (including phenoxy) is 1. The highest BCUT2D eigenvalue weighted by Gasteiger charge is 2.17. The van der Waals surface area contributed by atoms with Crippen LogP contribution < -0.4 is 4.52 Å². The van der Waals surface area contributed by atoms with Crippen LogP contribution in [0.25, 0.3) is 0 Å². The first-order chi connectivity index (χ1) is 11.4. The third-order valence-electron chi connectivity index (χ3n) is 3.40. The maximum absolute atomic E-state index is 10.9. The minimum Gasteiger partial charge on any atom is -0.404 e. The monoisotopic (exact) mass is 360 g/mol. The van der Waals surface area contributed by atoms with Crippen molar-refractivity contribution in [3.8, 4) is 5.75 Å². The lowest BCUT2D eigenvalue weighted by atomic mass is 10.0. The molecule has 0 saturated carbocycles. The second-order valence-electron chi connectivity index (χ2n) is 5.49. The summed E-state index contributed by atoms with van der Waals surface area (Å²) in [6.07, 6.45) is 7.95. The van der Waals surface area contributed by atoms with Gasteiger partial charge >= 0.3 is 7.82 Å². The highest BCUT2D eigenvalue weighted by atomic mass is 31.2. The summed E-state index contributed by atoms with van der Waals surface area (Å²) in [6, 6.07) is 7.04. The van der Waals surface area contributed by atoms with Gasteiger partial charge in [0.05, 0.1) is 0 Å². The molecule has 1 aromatic rings. The van der Waals surface area contributed by atoms with E-state index in [0.29, 0.717) is 5.75 Å². The SMILES string of the molecule is CCCCCCCCc1ccccc1OP(=O)(O)O.CCOCC. The van der Waals surface area contributed by atoms with Crippen LogP contribution >= 0.6 is 7.82 Å². The maximum atomic E-state index is 10.9. The minimum atomic E-state index is -4.47. The molecule has 5 nitrogen and oxygen atoms in total. The first kappa shape index (κ1) is 23.1. The molecule has 0 aromatic heterocycles. The number of unbranched alkanes of at least 4 members (excludes halogenated alkanes) is 5. The predicted molar refractivity (Wildman–Crippen MR) is 98.4 cm³/mol. The van der Waals surface area contributed by atoms with E-state index in [0.717, 1.165) is 38.0 Å². The van der Waals surface area contributed by atoms with Gasteiger partial charge in [0.1, 0.15) is 5.75 Å². The Morgan fingerprint density at radius 3 is 2.04 bits per heavy atom. The van der Waals surface area contributed by atoms with Crippen LogP contribution in [0.5, 0.6) is 5.75 Å². The van der Waals surface area contributed by atoms with E-state index in [9.17, 15) is 4.57 Å². The highest BCUT2D eigenvalue weighted by molar-refractivity contribution is 7.46. The normalized spacial score (nSPS) is 10.9. The zero-order chi connectivity index (χ0) is 18.3. The average molecular weight is 360 g/mol. The van der Waals surface area contributed by atoms with Crippen molar-refractivity contribution >= 4 is 7.82 Å². The number of hydrogen-bond donors (Lipinski definition) is 2. The lowest BCUT2D eigenvalue weighted by Crippen LogP contribution is -1.95. The maximum Gasteiger partial charge on any atom is 0.524 e. The van der Waals surface area contributed by atoms with Crippen molar-refractivity contribution < 1.29 is 23.6 Å². The van der Waals surface area contributed by atoms with E-state index in [1.807, 2.05) is 26.0 Å². The Balaban J connectivity index is 0.000000922. The summed E-state index contributed by atoms with van der Waals surface area (Å²) < 4.78 is 20.4. The summed E-state index contributed by atoms with van der Waals surface area (Å²) in [5.41, 5.74) is 0.862. The van der Waals surface area contributed by atoms with Crippen molar-refractivity contribution in [3.05, 3.63) is 29.8 Å². The van der Waals surface area contributed by atoms with Gasteiger partial charge < -0.3 is 9.26 Å². The molecule has 0 saturated heterocycles. The Labute approximate surface area is 146 Å². The second kappa shape index (κ2) is 14.5. The molecule has 1 rings (SSSR count). The topological polar surface area (TPSA) is 76.0 Å². The molecule has 0 heterocycles. The second-order valence-corrected chi connectivity index (χ2v) is 6.65. The van der Waals surface area contributed by atoms with Gasteiger partial charge in [-0.25, -0.2) is 4.57 Å². The molecule has 2 N–H and O–H groups in total. The number of benzene rings is 1. The number of phosphoric ester groups is 1. The fourth-order valence-corrected chi connectivity index (χ4v) is 2.66. The van der Waals surface area contributed by atoms with Crippen LogP contribution in [-0.2, 0) is 15.7 Å². The molecule has 0 fully saturated rings. The van der Waals surface area contributed by atoms with E-state index in [1.54, 1.807) is 12.1 Å². The number of rotatable bonds is 11. The van der Waals surface area contributed by atoms with Crippen molar-refractivity contribution in [1.82, 2.24) is 0 Å². The van der Waals surface area contributed by atoms with Gasteiger partial charge in [-0.05, 0) is 38.3 Å². The zero-order valence-corrected chi connectivity index (χ0v) is 16.1. The number of phosphoric acid groups is 1. The van der Waals surface area contributed by atoms with Crippen molar-refractivity contribution in [2.24, 2.45) is 0 Å². The average Bonchev–Trinajstić information content (AvgIpc) is 2.52. The van der Waals surface area contributed by atoms with E-state index in [-0.39, 0.29) is 0 Å². The van der Waals surface area contributed by atoms with Crippen LogP contribution in [0.1, 0.15) is 64.9 Å². The van der Waals surface area contributed by atoms with Crippen LogP contribution in [0.15, 0.2) is 24.3 Å². The molecule has 0 amide bonds. The van der Waals surface area contributed by atoms with Gasteiger partial charge in [0.2, 0.25) is 0 Å². The van der Waals surface area contributed by atoms with E-state index in [1.165, 1.54) is 25.7 Å². The molecule has 0 bridgehead atoms. The molecule has 0 spiro atoms. The Kier molecular flexibility index (Phi) is 13.9. The van der Waals surface area contributed by atoms with Gasteiger partial charge in [0.25, 0.3) is 0 Å². The van der Waals surface area contributed by atoms with E-state index in [2.05, 4.69) is 6.92 Å². The number of para-hydroxylation sites is 1. The Morgan fingerprint density at radius 1 is 0.917 bits per heavy atom. The summed E-state index contributed by atoms with van der Waals surface area (Å²) in [5, 5.41) is 0. The van der Waals surface area contributed by atoms with Gasteiger partial charge in [0.15, 0.2) is 0 Å². The summed E-state index contributed by atoms with van der Waals surface area (Å²) in [6.45, 7) is 7.86. The molecule has 0 aliphatic heterocycles. The van der Waals surface area contributed by atoms with Crippen LogP contribution in [-0.4, -0.2) is 23.0 Å². The molecule has 24 heavy (non-hydrogen) atoms. The van der Waals surface area contributed by atoms with Gasteiger partial charge in [0, 0.05) is 13.2 Å². The van der Waals surface area contributed by atoms with Crippen LogP contribution in [0.2, 0.25) is 0 Å². The van der Waals surface area contributed by atoms with Crippen molar-refractivity contribution in [3.63, 3.8) is 0 Å². The molecular formula is C18H33O5P. The molecule has 140 valence electrons. The summed E-state index contributed by atoms with van der Waals surface area (Å²) in [4.78, 5) is 17.7. The summed E-state index contributed by atoms with van der Waals surface area (Å²) in [7, 11) is -4.47. The molecule has 0 radical (unpaired) electrons. The van der Waals surface area contributed by atoms with E-state index < -0.39 is 7.82 Å². The Morgan fingerprint density at radius 2 is 1.50 bits per heavy atom. The molecule has 0 atom stereocenters. The Hall–Kier alpha value is -0.870. The van der Waals surface area contributed by atoms with Gasteiger partial charge in [-0.15, -0.1) is 0 Å².